The van der Waals surface area contributed by atoms with E-state index in [4.69, 9.17) is 9.72 Å². The van der Waals surface area contributed by atoms with E-state index in [1.165, 1.54) is 24.6 Å². The van der Waals surface area contributed by atoms with E-state index in [0.29, 0.717) is 17.1 Å². The summed E-state index contributed by atoms with van der Waals surface area (Å²) in [6.45, 7) is 0.176. The summed E-state index contributed by atoms with van der Waals surface area (Å²) in [6.07, 6.45) is 2.94. The van der Waals surface area contributed by atoms with Gasteiger partial charge in [0.25, 0.3) is 12.3 Å². The van der Waals surface area contributed by atoms with Gasteiger partial charge in [-0.05, 0) is 24.6 Å². The molecule has 36 heavy (non-hydrogen) atoms. The number of halogens is 2. The highest BCUT2D eigenvalue weighted by molar-refractivity contribution is 7.15. The number of rotatable bonds is 8. The number of aromatic nitrogens is 6. The molecule has 1 saturated heterocycles. The van der Waals surface area contributed by atoms with Gasteiger partial charge < -0.3 is 15.0 Å². The Bertz CT molecular complexity index is 1390. The number of hydrogen-bond acceptors (Lipinski definition) is 9. The SMILES string of the molecule is COc1nn(CC(F)F)cc1Nc1nccc(-c2cccc(-c3cnc(C4CCN(C)C4=O)s3)n2)n1. The number of carbonyl (C=O) groups excluding carboxylic acids is 1. The second-order valence-corrected chi connectivity index (χ2v) is 9.19. The number of nitrogens with zero attached hydrogens (tertiary/aromatic N) is 7. The summed E-state index contributed by atoms with van der Waals surface area (Å²) in [6, 6.07) is 7.30. The topological polar surface area (TPSA) is 111 Å². The molecule has 1 aliphatic rings. The Labute approximate surface area is 209 Å². The number of likely N-dealkylation sites (tertiary alicyclic amines) is 1. The second kappa shape index (κ2) is 9.93. The number of amides is 1. The van der Waals surface area contributed by atoms with Gasteiger partial charge in [-0.15, -0.1) is 16.4 Å². The highest BCUT2D eigenvalue weighted by Crippen LogP contribution is 2.35. The minimum absolute atomic E-state index is 0.0926. The first kappa shape index (κ1) is 23.7. The Balaban J connectivity index is 1.37. The van der Waals surface area contributed by atoms with Crippen molar-refractivity contribution >= 4 is 28.9 Å². The summed E-state index contributed by atoms with van der Waals surface area (Å²) in [5.41, 5.74) is 2.26. The molecule has 0 bridgehead atoms. The van der Waals surface area contributed by atoms with Gasteiger partial charge in [0.05, 0.1) is 41.2 Å². The van der Waals surface area contributed by atoms with Gasteiger partial charge in [0.2, 0.25) is 11.9 Å². The van der Waals surface area contributed by atoms with Gasteiger partial charge in [-0.1, -0.05) is 6.07 Å². The molecule has 186 valence electrons. The van der Waals surface area contributed by atoms with Crippen LogP contribution in [-0.2, 0) is 11.3 Å². The number of thiazole rings is 1. The quantitative estimate of drug-likeness (QED) is 0.379. The third-order valence-electron chi connectivity index (χ3n) is 5.66. The van der Waals surface area contributed by atoms with Crippen LogP contribution in [0, 0.1) is 0 Å². The molecule has 1 unspecified atom stereocenters. The van der Waals surface area contributed by atoms with Crippen molar-refractivity contribution in [3.63, 3.8) is 0 Å². The number of likely N-dealkylation sites (N-methyl/N-ethyl adjacent to an activating group) is 1. The predicted molar refractivity (Wildman–Crippen MR) is 129 cm³/mol. The monoisotopic (exact) mass is 512 g/mol. The molecule has 5 rings (SSSR count). The van der Waals surface area contributed by atoms with Crippen molar-refractivity contribution < 1.29 is 18.3 Å². The van der Waals surface area contributed by atoms with Crippen molar-refractivity contribution in [1.29, 1.82) is 0 Å². The molecule has 4 aromatic heterocycles. The van der Waals surface area contributed by atoms with Gasteiger partial charge >= 0.3 is 0 Å². The number of methoxy groups -OCH3 is 1. The summed E-state index contributed by atoms with van der Waals surface area (Å²) in [5.74, 6) is 0.278. The summed E-state index contributed by atoms with van der Waals surface area (Å²) >= 11 is 1.47. The lowest BCUT2D eigenvalue weighted by atomic mass is 10.1. The number of nitrogens with one attached hydrogen (secondary N) is 1. The lowest BCUT2D eigenvalue weighted by molar-refractivity contribution is -0.127. The van der Waals surface area contributed by atoms with E-state index in [0.717, 1.165) is 33.2 Å². The fourth-order valence-electron chi connectivity index (χ4n) is 3.89. The first-order valence-corrected chi connectivity index (χ1v) is 11.9. The number of carbonyl (C=O) groups is 1. The van der Waals surface area contributed by atoms with Crippen LogP contribution in [0.1, 0.15) is 17.3 Å². The summed E-state index contributed by atoms with van der Waals surface area (Å²) < 4.78 is 31.7. The maximum absolute atomic E-state index is 12.7. The van der Waals surface area contributed by atoms with Crippen molar-refractivity contribution in [3.8, 4) is 27.8 Å². The van der Waals surface area contributed by atoms with Crippen LogP contribution in [0.15, 0.2) is 42.9 Å². The first-order chi connectivity index (χ1) is 17.4. The van der Waals surface area contributed by atoms with Crippen molar-refractivity contribution in [2.24, 2.45) is 0 Å². The molecule has 1 amide bonds. The predicted octanol–water partition coefficient (Wildman–Crippen LogP) is 3.82. The van der Waals surface area contributed by atoms with Crippen LogP contribution in [-0.4, -0.2) is 67.7 Å². The van der Waals surface area contributed by atoms with Crippen LogP contribution in [0.2, 0.25) is 0 Å². The Morgan fingerprint density at radius 2 is 2.00 bits per heavy atom. The zero-order valence-electron chi connectivity index (χ0n) is 19.4. The molecule has 13 heteroatoms. The fourth-order valence-corrected chi connectivity index (χ4v) is 4.91. The molecule has 0 radical (unpaired) electrons. The molecule has 1 atom stereocenters. The van der Waals surface area contributed by atoms with Gasteiger partial charge in [-0.3, -0.25) is 9.48 Å². The lowest BCUT2D eigenvalue weighted by Gasteiger charge is -2.07. The third-order valence-corrected chi connectivity index (χ3v) is 6.79. The van der Waals surface area contributed by atoms with E-state index in [9.17, 15) is 13.6 Å². The second-order valence-electron chi connectivity index (χ2n) is 8.13. The molecular weight excluding hydrogens is 490 g/mol. The van der Waals surface area contributed by atoms with Gasteiger partial charge in [0, 0.05) is 26.0 Å². The van der Waals surface area contributed by atoms with E-state index < -0.39 is 13.0 Å². The van der Waals surface area contributed by atoms with Crippen molar-refractivity contribution in [3.05, 3.63) is 47.9 Å². The summed E-state index contributed by atoms with van der Waals surface area (Å²) in [4.78, 5) is 32.9. The molecule has 0 aliphatic carbocycles. The van der Waals surface area contributed by atoms with E-state index in [1.807, 2.05) is 18.2 Å². The molecule has 10 nitrogen and oxygen atoms in total. The van der Waals surface area contributed by atoms with E-state index >= 15 is 0 Å². The van der Waals surface area contributed by atoms with Gasteiger partial charge in [0.15, 0.2) is 0 Å². The fraction of sp³-hybridized carbons (Fsp3) is 0.304. The highest BCUT2D eigenvalue weighted by Gasteiger charge is 2.32. The average Bonchev–Trinajstić information content (AvgIpc) is 3.58. The van der Waals surface area contributed by atoms with Crippen LogP contribution >= 0.6 is 11.3 Å². The smallest absolute Gasteiger partial charge is 0.257 e. The van der Waals surface area contributed by atoms with Crippen molar-refractivity contribution in [1.82, 2.24) is 34.6 Å². The van der Waals surface area contributed by atoms with Crippen LogP contribution < -0.4 is 10.1 Å². The molecular formula is C23H22F2N8O2S. The van der Waals surface area contributed by atoms with Gasteiger partial charge in [-0.25, -0.2) is 28.7 Å². The van der Waals surface area contributed by atoms with Crippen LogP contribution in [0.3, 0.4) is 0 Å². The Morgan fingerprint density at radius 3 is 2.75 bits per heavy atom. The number of anilines is 2. The molecule has 0 saturated carbocycles. The van der Waals surface area contributed by atoms with Gasteiger partial charge in [-0.2, -0.15) is 0 Å². The zero-order valence-corrected chi connectivity index (χ0v) is 20.2. The minimum atomic E-state index is -2.55. The van der Waals surface area contributed by atoms with Crippen molar-refractivity contribution in [2.45, 2.75) is 25.3 Å². The van der Waals surface area contributed by atoms with Crippen molar-refractivity contribution in [2.75, 3.05) is 26.0 Å². The number of hydrogen-bond donors (Lipinski definition) is 1. The normalized spacial score (nSPS) is 15.6. The number of alkyl halides is 2. The summed E-state index contributed by atoms with van der Waals surface area (Å²) in [7, 11) is 3.21. The molecule has 0 aromatic carbocycles. The zero-order chi connectivity index (χ0) is 25.2. The molecule has 0 spiro atoms. The minimum Gasteiger partial charge on any atom is -0.478 e. The lowest BCUT2D eigenvalue weighted by Crippen LogP contribution is -2.21. The molecule has 4 aromatic rings. The van der Waals surface area contributed by atoms with Crippen LogP contribution in [0.25, 0.3) is 22.0 Å². The first-order valence-electron chi connectivity index (χ1n) is 11.1. The maximum atomic E-state index is 12.7. The Morgan fingerprint density at radius 1 is 1.19 bits per heavy atom. The van der Waals surface area contributed by atoms with E-state index in [-0.39, 0.29) is 23.7 Å². The molecule has 1 N–H and O–H groups in total. The number of pyridine rings is 1. The standard InChI is InChI=1S/C23H22F2N8O2S/c1-32-9-7-13(22(32)34)21-27-10-18(36-21)16-5-3-4-14(28-16)15-6-8-26-23(29-15)30-17-11-33(12-19(24)25)31-20(17)35-2/h3-6,8,10-11,13,19H,7,9,12H2,1-2H3,(H,26,29,30). The largest absolute Gasteiger partial charge is 0.478 e. The van der Waals surface area contributed by atoms with E-state index in [2.05, 4.69) is 25.4 Å². The van der Waals surface area contributed by atoms with Crippen LogP contribution in [0.5, 0.6) is 5.88 Å². The Kier molecular flexibility index (Phi) is 6.55. The molecule has 1 fully saturated rings. The van der Waals surface area contributed by atoms with E-state index in [1.54, 1.807) is 30.4 Å². The van der Waals surface area contributed by atoms with Crippen LogP contribution in [0.4, 0.5) is 20.4 Å². The van der Waals surface area contributed by atoms with Gasteiger partial charge in [0.1, 0.15) is 17.2 Å². The molecule has 5 heterocycles. The summed E-state index contributed by atoms with van der Waals surface area (Å²) in [5, 5.41) is 7.75. The average molecular weight is 513 g/mol. The maximum Gasteiger partial charge on any atom is 0.257 e. The Hall–Kier alpha value is -4.00. The molecule has 1 aliphatic heterocycles. The third kappa shape index (κ3) is 4.87. The number of ether oxygens (including phenoxy) is 1. The highest BCUT2D eigenvalue weighted by atomic mass is 32.1.